The topological polar surface area (TPSA) is 94.9 Å². The smallest absolute Gasteiger partial charge is 0.322 e. The molecule has 4 rings (SSSR count). The van der Waals surface area contributed by atoms with E-state index in [1.807, 2.05) is 30.3 Å². The maximum Gasteiger partial charge on any atom is 0.322 e. The van der Waals surface area contributed by atoms with Crippen LogP contribution in [0.15, 0.2) is 64.4 Å². The van der Waals surface area contributed by atoms with Gasteiger partial charge in [0.05, 0.1) is 36.7 Å². The van der Waals surface area contributed by atoms with E-state index in [2.05, 4.69) is 10.6 Å². The summed E-state index contributed by atoms with van der Waals surface area (Å²) in [5.41, 5.74) is 1.95. The van der Waals surface area contributed by atoms with E-state index in [1.165, 1.54) is 16.1 Å². The number of furan rings is 1. The molecule has 0 saturated carbocycles. The van der Waals surface area contributed by atoms with E-state index < -0.39 is 12.1 Å². The summed E-state index contributed by atoms with van der Waals surface area (Å²) < 4.78 is 5.22. The summed E-state index contributed by atoms with van der Waals surface area (Å²) in [7, 11) is 1.63. The largest absolute Gasteiger partial charge is 0.467 e. The first kappa shape index (κ1) is 18.8. The van der Waals surface area contributed by atoms with Gasteiger partial charge in [-0.1, -0.05) is 30.3 Å². The quantitative estimate of drug-likeness (QED) is 0.808. The van der Waals surface area contributed by atoms with E-state index >= 15 is 0 Å². The van der Waals surface area contributed by atoms with Crippen molar-refractivity contribution in [1.82, 2.24) is 20.4 Å². The first-order valence-corrected chi connectivity index (χ1v) is 9.40. The van der Waals surface area contributed by atoms with Gasteiger partial charge in [-0.3, -0.25) is 14.5 Å². The first-order chi connectivity index (χ1) is 14.0. The summed E-state index contributed by atoms with van der Waals surface area (Å²) in [6, 6.07) is 11.4. The van der Waals surface area contributed by atoms with E-state index in [0.29, 0.717) is 17.0 Å². The summed E-state index contributed by atoms with van der Waals surface area (Å²) in [4.78, 5) is 41.2. The molecular weight excluding hydrogens is 372 g/mol. The minimum atomic E-state index is -0.692. The van der Waals surface area contributed by atoms with Crippen LogP contribution >= 0.6 is 0 Å². The van der Waals surface area contributed by atoms with Crippen molar-refractivity contribution in [3.05, 3.63) is 71.3 Å². The molecule has 0 bridgehead atoms. The number of hydrogen-bond acceptors (Lipinski definition) is 4. The minimum Gasteiger partial charge on any atom is -0.467 e. The van der Waals surface area contributed by atoms with Gasteiger partial charge in [-0.25, -0.2) is 4.79 Å². The van der Waals surface area contributed by atoms with Gasteiger partial charge in [-0.2, -0.15) is 0 Å². The lowest BCUT2D eigenvalue weighted by Gasteiger charge is -2.31. The number of carbonyl (C=O) groups is 3. The van der Waals surface area contributed by atoms with Crippen LogP contribution < -0.4 is 10.6 Å². The molecule has 3 heterocycles. The fraction of sp³-hybridized carbons (Fsp3) is 0.286. The van der Waals surface area contributed by atoms with E-state index in [0.717, 1.165) is 5.56 Å². The Bertz CT molecular complexity index is 968. The van der Waals surface area contributed by atoms with Crippen LogP contribution in [0.2, 0.25) is 0 Å². The fourth-order valence-electron chi connectivity index (χ4n) is 3.67. The third-order valence-electron chi connectivity index (χ3n) is 5.39. The number of carbonyl (C=O) groups excluding carboxylic acids is 3. The molecule has 2 aliphatic rings. The standard InChI is InChI=1S/C21H22N4O4/c1-13(19(26)22-11-15-9-6-10-29-15)25-12-16-17(20(25)27)18(23-21(28)24(16)2)14-7-4-3-5-8-14/h3-10,13,18H,11-12H2,1-2H3,(H,22,26)(H,23,28)/t13-,18-/m0/s1. The van der Waals surface area contributed by atoms with E-state index in [4.69, 9.17) is 4.42 Å². The Morgan fingerprint density at radius 2 is 2.00 bits per heavy atom. The van der Waals surface area contributed by atoms with Gasteiger partial charge < -0.3 is 20.0 Å². The molecule has 0 saturated heterocycles. The number of rotatable bonds is 5. The van der Waals surface area contributed by atoms with Crippen molar-refractivity contribution in [3.8, 4) is 0 Å². The number of urea groups is 1. The zero-order valence-corrected chi connectivity index (χ0v) is 16.2. The van der Waals surface area contributed by atoms with Crippen LogP contribution in [0.4, 0.5) is 4.79 Å². The predicted octanol–water partition coefficient (Wildman–Crippen LogP) is 1.78. The predicted molar refractivity (Wildman–Crippen MR) is 104 cm³/mol. The summed E-state index contributed by atoms with van der Waals surface area (Å²) in [6.45, 7) is 2.13. The molecule has 2 aliphatic heterocycles. The van der Waals surface area contributed by atoms with Gasteiger partial charge in [0.15, 0.2) is 0 Å². The molecule has 0 unspecified atom stereocenters. The number of amides is 4. The maximum absolute atomic E-state index is 13.2. The van der Waals surface area contributed by atoms with Crippen molar-refractivity contribution in [2.45, 2.75) is 25.6 Å². The highest BCUT2D eigenvalue weighted by molar-refractivity contribution is 6.03. The van der Waals surface area contributed by atoms with E-state index in [1.54, 1.807) is 26.1 Å². The van der Waals surface area contributed by atoms with Gasteiger partial charge in [-0.05, 0) is 24.6 Å². The molecule has 1 aromatic carbocycles. The van der Waals surface area contributed by atoms with Gasteiger partial charge in [-0.15, -0.1) is 0 Å². The molecule has 1 aromatic heterocycles. The van der Waals surface area contributed by atoms with Gasteiger partial charge in [0.1, 0.15) is 11.8 Å². The summed E-state index contributed by atoms with van der Waals surface area (Å²) in [5.74, 6) is 0.100. The Morgan fingerprint density at radius 1 is 1.24 bits per heavy atom. The van der Waals surface area contributed by atoms with Crippen LogP contribution in [-0.2, 0) is 16.1 Å². The Balaban J connectivity index is 1.55. The Labute approximate surface area is 168 Å². The van der Waals surface area contributed by atoms with E-state index in [-0.39, 0.29) is 30.9 Å². The van der Waals surface area contributed by atoms with Crippen LogP contribution in [0.1, 0.15) is 24.3 Å². The Kier molecular flexibility index (Phi) is 4.84. The fourth-order valence-corrected chi connectivity index (χ4v) is 3.67. The van der Waals surface area contributed by atoms with Crippen molar-refractivity contribution < 1.29 is 18.8 Å². The highest BCUT2D eigenvalue weighted by Gasteiger charge is 2.45. The molecule has 0 aliphatic carbocycles. The molecule has 2 atom stereocenters. The highest BCUT2D eigenvalue weighted by Crippen LogP contribution is 2.36. The van der Waals surface area contributed by atoms with Gasteiger partial charge in [0.25, 0.3) is 5.91 Å². The second-order valence-corrected chi connectivity index (χ2v) is 7.12. The maximum atomic E-state index is 13.2. The summed E-state index contributed by atoms with van der Waals surface area (Å²) >= 11 is 0. The second-order valence-electron chi connectivity index (χ2n) is 7.12. The zero-order chi connectivity index (χ0) is 20.5. The van der Waals surface area contributed by atoms with Crippen LogP contribution in [-0.4, -0.2) is 47.3 Å². The summed E-state index contributed by atoms with van der Waals surface area (Å²) in [6.07, 6.45) is 1.54. The van der Waals surface area contributed by atoms with Crippen molar-refractivity contribution in [3.63, 3.8) is 0 Å². The number of benzene rings is 1. The molecule has 150 valence electrons. The second kappa shape index (κ2) is 7.46. The van der Waals surface area contributed by atoms with Crippen molar-refractivity contribution in [2.75, 3.05) is 13.6 Å². The molecule has 4 amide bonds. The third kappa shape index (κ3) is 3.37. The number of hydrogen-bond donors (Lipinski definition) is 2. The van der Waals surface area contributed by atoms with Crippen LogP contribution in [0.3, 0.4) is 0 Å². The Morgan fingerprint density at radius 3 is 2.69 bits per heavy atom. The van der Waals surface area contributed by atoms with Crippen molar-refractivity contribution in [2.24, 2.45) is 0 Å². The lowest BCUT2D eigenvalue weighted by molar-refractivity contribution is -0.135. The molecule has 0 fully saturated rings. The lowest BCUT2D eigenvalue weighted by Crippen LogP contribution is -2.46. The monoisotopic (exact) mass is 394 g/mol. The molecule has 0 spiro atoms. The number of likely N-dealkylation sites (N-methyl/N-ethyl adjacent to an activating group) is 1. The SMILES string of the molecule is C[C@@H](C(=O)NCc1ccco1)N1CC2=C(C1=O)[C@H](c1ccccc1)NC(=O)N2C. The molecule has 2 N–H and O–H groups in total. The molecule has 8 heteroatoms. The Hall–Kier alpha value is -3.55. The summed E-state index contributed by atoms with van der Waals surface area (Å²) in [5, 5.41) is 5.67. The van der Waals surface area contributed by atoms with Gasteiger partial charge in [0.2, 0.25) is 5.91 Å². The first-order valence-electron chi connectivity index (χ1n) is 9.40. The van der Waals surface area contributed by atoms with Gasteiger partial charge in [0, 0.05) is 7.05 Å². The molecular formula is C21H22N4O4. The average molecular weight is 394 g/mol. The van der Waals surface area contributed by atoms with Crippen molar-refractivity contribution in [1.29, 1.82) is 0 Å². The molecule has 0 radical (unpaired) electrons. The van der Waals surface area contributed by atoms with Crippen LogP contribution in [0.25, 0.3) is 0 Å². The third-order valence-corrected chi connectivity index (χ3v) is 5.39. The normalized spacial score (nSPS) is 19.9. The van der Waals surface area contributed by atoms with Crippen LogP contribution in [0.5, 0.6) is 0 Å². The zero-order valence-electron chi connectivity index (χ0n) is 16.2. The minimum absolute atomic E-state index is 0.205. The molecule has 2 aromatic rings. The van der Waals surface area contributed by atoms with Gasteiger partial charge >= 0.3 is 6.03 Å². The molecule has 8 nitrogen and oxygen atoms in total. The van der Waals surface area contributed by atoms with Crippen molar-refractivity contribution >= 4 is 17.8 Å². The number of nitrogens with zero attached hydrogens (tertiary/aromatic N) is 2. The molecule has 29 heavy (non-hydrogen) atoms. The van der Waals surface area contributed by atoms with Crippen LogP contribution in [0, 0.1) is 0 Å². The average Bonchev–Trinajstić information content (AvgIpc) is 3.37. The lowest BCUT2D eigenvalue weighted by atomic mass is 9.96. The number of nitrogens with one attached hydrogen (secondary N) is 2. The highest BCUT2D eigenvalue weighted by atomic mass is 16.3. The van der Waals surface area contributed by atoms with E-state index in [9.17, 15) is 14.4 Å².